The summed E-state index contributed by atoms with van der Waals surface area (Å²) < 4.78 is 1.14. The molecule has 2 aromatic rings. The van der Waals surface area contributed by atoms with E-state index in [2.05, 4.69) is 5.32 Å². The number of hydrogen-bond acceptors (Lipinski definition) is 3. The van der Waals surface area contributed by atoms with E-state index in [1.807, 2.05) is 43.5 Å². The van der Waals surface area contributed by atoms with Gasteiger partial charge >= 0.3 is 5.97 Å². The Labute approximate surface area is 127 Å². The molecule has 5 heteroatoms. The molecule has 1 heterocycles. The van der Waals surface area contributed by atoms with Gasteiger partial charge in [-0.25, -0.2) is 4.79 Å². The second kappa shape index (κ2) is 6.72. The van der Waals surface area contributed by atoms with Gasteiger partial charge in [0.25, 0.3) is 0 Å². The van der Waals surface area contributed by atoms with Crippen molar-refractivity contribution in [2.45, 2.75) is 32.7 Å². The minimum atomic E-state index is -0.979. The number of carboxylic acids is 1. The Balaban J connectivity index is 2.05. The summed E-state index contributed by atoms with van der Waals surface area (Å²) >= 11 is 1.60. The van der Waals surface area contributed by atoms with Crippen molar-refractivity contribution in [3.8, 4) is 0 Å². The Hall–Kier alpha value is -1.88. The number of benzene rings is 1. The van der Waals surface area contributed by atoms with Crippen LogP contribution in [0.15, 0.2) is 29.6 Å². The fourth-order valence-corrected chi connectivity index (χ4v) is 3.24. The summed E-state index contributed by atoms with van der Waals surface area (Å²) in [5.74, 6) is -1.01. The number of rotatable bonds is 6. The highest BCUT2D eigenvalue weighted by molar-refractivity contribution is 7.17. The van der Waals surface area contributed by atoms with Crippen LogP contribution in [0.2, 0.25) is 0 Å². The minimum Gasteiger partial charge on any atom is -0.480 e. The molecule has 2 N–H and O–H groups in total. The fourth-order valence-electron chi connectivity index (χ4n) is 2.28. The first-order valence-corrected chi connectivity index (χ1v) is 7.82. The van der Waals surface area contributed by atoms with Crippen LogP contribution >= 0.6 is 11.3 Å². The quantitative estimate of drug-likeness (QED) is 0.862. The average molecular weight is 305 g/mol. The first-order chi connectivity index (χ1) is 9.97. The zero-order valence-corrected chi connectivity index (χ0v) is 12.9. The standard InChI is InChI=1S/C16H19NO3S/c1-10(2)7-13(16(19)20)17-15(18)8-11-9-21-14-6-4-3-5-12(11)14/h3-6,9-10,13H,7-8H2,1-2H3,(H,17,18)(H,19,20). The Bertz CT molecular complexity index is 648. The third-order valence-corrected chi connectivity index (χ3v) is 4.26. The molecule has 0 aliphatic carbocycles. The predicted molar refractivity (Wildman–Crippen MR) is 84.6 cm³/mol. The lowest BCUT2D eigenvalue weighted by Crippen LogP contribution is -2.42. The second-order valence-corrected chi connectivity index (χ2v) is 6.43. The Morgan fingerprint density at radius 3 is 2.67 bits per heavy atom. The average Bonchev–Trinajstić information content (AvgIpc) is 2.81. The summed E-state index contributed by atoms with van der Waals surface area (Å²) in [4.78, 5) is 23.3. The van der Waals surface area contributed by atoms with Crippen LogP contribution in [0.3, 0.4) is 0 Å². The SMILES string of the molecule is CC(C)CC(NC(=O)Cc1csc2ccccc12)C(=O)O. The van der Waals surface area contributed by atoms with Gasteiger partial charge in [-0.2, -0.15) is 0 Å². The van der Waals surface area contributed by atoms with Gasteiger partial charge in [0.2, 0.25) is 5.91 Å². The zero-order chi connectivity index (χ0) is 15.4. The maximum atomic E-state index is 12.1. The van der Waals surface area contributed by atoms with E-state index in [-0.39, 0.29) is 18.2 Å². The molecule has 1 aromatic carbocycles. The summed E-state index contributed by atoms with van der Waals surface area (Å²) in [5, 5.41) is 14.8. The van der Waals surface area contributed by atoms with Crippen molar-refractivity contribution in [3.63, 3.8) is 0 Å². The molecule has 1 unspecified atom stereocenters. The van der Waals surface area contributed by atoms with Gasteiger partial charge in [0.15, 0.2) is 0 Å². The summed E-state index contributed by atoms with van der Waals surface area (Å²) in [5.41, 5.74) is 0.946. The highest BCUT2D eigenvalue weighted by Gasteiger charge is 2.21. The molecule has 0 aliphatic rings. The molecule has 21 heavy (non-hydrogen) atoms. The normalized spacial score (nSPS) is 12.5. The highest BCUT2D eigenvalue weighted by atomic mass is 32.1. The van der Waals surface area contributed by atoms with E-state index in [1.165, 1.54) is 0 Å². The van der Waals surface area contributed by atoms with Gasteiger partial charge in [-0.3, -0.25) is 4.79 Å². The number of hydrogen-bond donors (Lipinski definition) is 2. The lowest BCUT2D eigenvalue weighted by atomic mass is 10.0. The van der Waals surface area contributed by atoms with E-state index in [0.29, 0.717) is 6.42 Å². The van der Waals surface area contributed by atoms with Crippen LogP contribution in [0.5, 0.6) is 0 Å². The van der Waals surface area contributed by atoms with Crippen molar-refractivity contribution in [3.05, 3.63) is 35.2 Å². The number of amides is 1. The van der Waals surface area contributed by atoms with Gasteiger partial charge in [-0.05, 0) is 34.7 Å². The first-order valence-electron chi connectivity index (χ1n) is 6.94. The van der Waals surface area contributed by atoms with Crippen molar-refractivity contribution in [2.24, 2.45) is 5.92 Å². The van der Waals surface area contributed by atoms with Crippen molar-refractivity contribution in [1.82, 2.24) is 5.32 Å². The maximum absolute atomic E-state index is 12.1. The number of aliphatic carboxylic acids is 1. The van der Waals surface area contributed by atoms with Crippen molar-refractivity contribution in [1.29, 1.82) is 0 Å². The largest absolute Gasteiger partial charge is 0.480 e. The summed E-state index contributed by atoms with van der Waals surface area (Å²) in [7, 11) is 0. The lowest BCUT2D eigenvalue weighted by Gasteiger charge is -2.16. The third kappa shape index (κ3) is 4.04. The maximum Gasteiger partial charge on any atom is 0.326 e. The summed E-state index contributed by atoms with van der Waals surface area (Å²) in [6.45, 7) is 3.88. The molecule has 1 aromatic heterocycles. The molecule has 0 radical (unpaired) electrons. The van der Waals surface area contributed by atoms with E-state index in [0.717, 1.165) is 15.6 Å². The van der Waals surface area contributed by atoms with Crippen LogP contribution < -0.4 is 5.32 Å². The van der Waals surface area contributed by atoms with Crippen molar-refractivity contribution in [2.75, 3.05) is 0 Å². The molecular formula is C16H19NO3S. The molecule has 2 rings (SSSR count). The van der Waals surface area contributed by atoms with Crippen LogP contribution in [0, 0.1) is 5.92 Å². The van der Waals surface area contributed by atoms with Gasteiger partial charge in [0, 0.05) is 4.70 Å². The molecule has 112 valence electrons. The van der Waals surface area contributed by atoms with Gasteiger partial charge in [-0.1, -0.05) is 32.0 Å². The van der Waals surface area contributed by atoms with Gasteiger partial charge in [0.05, 0.1) is 6.42 Å². The molecule has 4 nitrogen and oxygen atoms in total. The van der Waals surface area contributed by atoms with Crippen LogP contribution in [-0.2, 0) is 16.0 Å². The molecule has 0 aliphatic heterocycles. The first kappa shape index (κ1) is 15.5. The topological polar surface area (TPSA) is 66.4 Å². The van der Waals surface area contributed by atoms with Crippen LogP contribution in [-0.4, -0.2) is 23.0 Å². The number of carbonyl (C=O) groups excluding carboxylic acids is 1. The summed E-state index contributed by atoms with van der Waals surface area (Å²) in [6, 6.07) is 7.08. The molecular weight excluding hydrogens is 286 g/mol. The van der Waals surface area contributed by atoms with Crippen LogP contribution in [0.25, 0.3) is 10.1 Å². The minimum absolute atomic E-state index is 0.214. The molecule has 0 saturated carbocycles. The highest BCUT2D eigenvalue weighted by Crippen LogP contribution is 2.25. The van der Waals surface area contributed by atoms with E-state index >= 15 is 0 Å². The van der Waals surface area contributed by atoms with E-state index in [4.69, 9.17) is 5.11 Å². The predicted octanol–water partition coefficient (Wildman–Crippen LogP) is 3.06. The number of nitrogens with one attached hydrogen (secondary N) is 1. The lowest BCUT2D eigenvalue weighted by molar-refractivity contribution is -0.142. The molecule has 1 atom stereocenters. The van der Waals surface area contributed by atoms with Crippen molar-refractivity contribution >= 4 is 33.3 Å². The third-order valence-electron chi connectivity index (χ3n) is 3.25. The van der Waals surface area contributed by atoms with E-state index in [1.54, 1.807) is 11.3 Å². The summed E-state index contributed by atoms with van der Waals surface area (Å²) in [6.07, 6.45) is 0.650. The zero-order valence-electron chi connectivity index (χ0n) is 12.1. The van der Waals surface area contributed by atoms with E-state index in [9.17, 15) is 9.59 Å². The van der Waals surface area contributed by atoms with E-state index < -0.39 is 12.0 Å². The Kier molecular flexibility index (Phi) is 4.96. The fraction of sp³-hybridized carbons (Fsp3) is 0.375. The smallest absolute Gasteiger partial charge is 0.326 e. The van der Waals surface area contributed by atoms with Gasteiger partial charge in [-0.15, -0.1) is 11.3 Å². The Morgan fingerprint density at radius 2 is 2.00 bits per heavy atom. The number of thiophene rings is 1. The molecule has 0 fully saturated rings. The van der Waals surface area contributed by atoms with Crippen LogP contribution in [0.4, 0.5) is 0 Å². The molecule has 0 saturated heterocycles. The monoisotopic (exact) mass is 305 g/mol. The second-order valence-electron chi connectivity index (χ2n) is 5.52. The molecule has 0 bridgehead atoms. The Morgan fingerprint density at radius 1 is 1.29 bits per heavy atom. The molecule has 1 amide bonds. The van der Waals surface area contributed by atoms with Gasteiger partial charge < -0.3 is 10.4 Å². The van der Waals surface area contributed by atoms with Crippen molar-refractivity contribution < 1.29 is 14.7 Å². The van der Waals surface area contributed by atoms with Crippen LogP contribution in [0.1, 0.15) is 25.8 Å². The number of carbonyl (C=O) groups is 2. The van der Waals surface area contributed by atoms with Gasteiger partial charge in [0.1, 0.15) is 6.04 Å². The number of fused-ring (bicyclic) bond motifs is 1. The number of carboxylic acid groups (broad SMARTS) is 1. The molecule has 0 spiro atoms.